The summed E-state index contributed by atoms with van der Waals surface area (Å²) in [6.45, 7) is 13.9. The van der Waals surface area contributed by atoms with Crippen molar-refractivity contribution in [1.29, 1.82) is 0 Å². The van der Waals surface area contributed by atoms with Gasteiger partial charge in [0.2, 0.25) is 0 Å². The predicted molar refractivity (Wildman–Crippen MR) is 306 cm³/mol. The molecule has 2 aliphatic carbocycles. The van der Waals surface area contributed by atoms with Crippen LogP contribution < -0.4 is 14.4 Å². The molecule has 2 aliphatic heterocycles. The van der Waals surface area contributed by atoms with Gasteiger partial charge in [0, 0.05) is 49.1 Å². The number of anilines is 3. The zero-order valence-electron chi connectivity index (χ0n) is 42.4. The van der Waals surface area contributed by atoms with E-state index >= 15 is 0 Å². The number of fused-ring (bicyclic) bond motifs is 21. The number of ether oxygens (including phenoxy) is 2. The highest BCUT2D eigenvalue weighted by Crippen LogP contribution is 2.65. The van der Waals surface area contributed by atoms with E-state index in [1.165, 1.54) is 86.9 Å². The highest BCUT2D eigenvalue weighted by atomic mass is 32.1. The Labute approximate surface area is 437 Å². The largest absolute Gasteiger partial charge is 0.457 e. The summed E-state index contributed by atoms with van der Waals surface area (Å²) in [5, 5.41) is 2.53. The van der Waals surface area contributed by atoms with Crippen LogP contribution in [0.5, 0.6) is 23.0 Å². The Hall–Kier alpha value is -8.18. The zero-order chi connectivity index (χ0) is 49.9. The first kappa shape index (κ1) is 43.4. The Morgan fingerprint density at radius 3 is 1.32 bits per heavy atom. The summed E-state index contributed by atoms with van der Waals surface area (Å²) in [5.74, 6) is 3.57. The van der Waals surface area contributed by atoms with Crippen LogP contribution in [0.15, 0.2) is 212 Å². The third-order valence-corrected chi connectivity index (χ3v) is 17.9. The molecule has 0 atom stereocenters. The van der Waals surface area contributed by atoms with Gasteiger partial charge in [-0.15, -0.1) is 11.3 Å². The van der Waals surface area contributed by atoms with Crippen LogP contribution in [0.2, 0.25) is 0 Å². The second-order valence-corrected chi connectivity index (χ2v) is 23.8. The number of rotatable bonds is 3. The molecule has 2 spiro atoms. The second-order valence-electron chi connectivity index (χ2n) is 22.8. The van der Waals surface area contributed by atoms with E-state index in [2.05, 4.69) is 259 Å². The molecule has 0 amide bonds. The summed E-state index contributed by atoms with van der Waals surface area (Å²) >= 11 is 1.88. The molecule has 74 heavy (non-hydrogen) atoms. The topological polar surface area (TPSA) is 21.7 Å². The molecule has 4 heteroatoms. The van der Waals surface area contributed by atoms with Crippen LogP contribution in [0.4, 0.5) is 17.1 Å². The molecule has 10 aromatic carbocycles. The molecule has 356 valence electrons. The molecule has 0 saturated heterocycles. The Balaban J connectivity index is 1.05. The summed E-state index contributed by atoms with van der Waals surface area (Å²) in [7, 11) is 0. The lowest BCUT2D eigenvalue weighted by Gasteiger charge is -2.41. The van der Waals surface area contributed by atoms with Gasteiger partial charge in [-0.3, -0.25) is 0 Å². The van der Waals surface area contributed by atoms with Gasteiger partial charge in [0.05, 0.1) is 21.2 Å². The van der Waals surface area contributed by atoms with Gasteiger partial charge in [-0.05, 0) is 139 Å². The molecule has 0 N–H and O–H groups in total. The first-order valence-electron chi connectivity index (χ1n) is 26.0. The fourth-order valence-corrected chi connectivity index (χ4v) is 14.5. The first-order valence-corrected chi connectivity index (χ1v) is 26.8. The molecule has 0 radical (unpaired) electrons. The van der Waals surface area contributed by atoms with Crippen LogP contribution in [0, 0.1) is 0 Å². The van der Waals surface area contributed by atoms with Crippen molar-refractivity contribution in [3.63, 3.8) is 0 Å². The van der Waals surface area contributed by atoms with Crippen molar-refractivity contribution in [3.8, 4) is 45.3 Å². The van der Waals surface area contributed by atoms with E-state index in [1.54, 1.807) is 0 Å². The van der Waals surface area contributed by atoms with E-state index in [1.807, 2.05) is 11.3 Å². The highest BCUT2D eigenvalue weighted by Gasteiger charge is 2.53. The fraction of sp³-hybridized carbons (Fsp3) is 0.143. The smallest absolute Gasteiger partial charge is 0.132 e. The highest BCUT2D eigenvalue weighted by molar-refractivity contribution is 7.26. The number of para-hydroxylation sites is 2. The van der Waals surface area contributed by atoms with Gasteiger partial charge in [0.15, 0.2) is 0 Å². The maximum atomic E-state index is 7.08. The average molecular weight is 972 g/mol. The molecule has 3 heterocycles. The van der Waals surface area contributed by atoms with Gasteiger partial charge in [-0.25, -0.2) is 0 Å². The third-order valence-electron chi connectivity index (χ3n) is 16.7. The summed E-state index contributed by atoms with van der Waals surface area (Å²) < 4.78 is 16.4. The van der Waals surface area contributed by atoms with Gasteiger partial charge >= 0.3 is 0 Å². The lowest BCUT2D eigenvalue weighted by molar-refractivity contribution is 0.433. The van der Waals surface area contributed by atoms with Crippen LogP contribution in [0.25, 0.3) is 42.4 Å². The predicted octanol–water partition coefficient (Wildman–Crippen LogP) is 19.1. The molecule has 11 aromatic rings. The van der Waals surface area contributed by atoms with Crippen LogP contribution in [-0.2, 0) is 21.7 Å². The quantitative estimate of drug-likeness (QED) is 0.176. The van der Waals surface area contributed by atoms with E-state index in [4.69, 9.17) is 9.47 Å². The number of nitrogens with zero attached hydrogens (tertiary/aromatic N) is 1. The van der Waals surface area contributed by atoms with Crippen LogP contribution in [0.3, 0.4) is 0 Å². The van der Waals surface area contributed by atoms with Crippen molar-refractivity contribution in [3.05, 3.63) is 268 Å². The molecule has 0 unspecified atom stereocenters. The Bertz CT molecular complexity index is 4090. The van der Waals surface area contributed by atoms with Gasteiger partial charge in [-0.1, -0.05) is 181 Å². The van der Waals surface area contributed by atoms with E-state index in [0.29, 0.717) is 0 Å². The van der Waals surface area contributed by atoms with Crippen molar-refractivity contribution < 1.29 is 9.47 Å². The SMILES string of the molecule is CC(C)(C)c1ccc2c(c1)C1(c3cc(C(C)(C)C)ccc3O2)c2ccccc2-c2ccc(N(c3ccc4c(c3)C3(c5ccccc5Oc5ccccc53)c3ccccc3-4)c3cccc4c3sc3ccccc34)cc21. The molecular weight excluding hydrogens is 919 g/mol. The molecule has 0 fully saturated rings. The van der Waals surface area contributed by atoms with Crippen molar-refractivity contribution in [2.45, 2.75) is 63.2 Å². The van der Waals surface area contributed by atoms with Gasteiger partial charge in [-0.2, -0.15) is 0 Å². The van der Waals surface area contributed by atoms with Crippen molar-refractivity contribution in [2.75, 3.05) is 4.90 Å². The van der Waals surface area contributed by atoms with E-state index in [-0.39, 0.29) is 10.8 Å². The summed E-state index contributed by atoms with van der Waals surface area (Å²) in [5.41, 5.74) is 19.0. The van der Waals surface area contributed by atoms with E-state index in [0.717, 1.165) is 51.2 Å². The van der Waals surface area contributed by atoms with E-state index < -0.39 is 10.8 Å². The van der Waals surface area contributed by atoms with Gasteiger partial charge in [0.1, 0.15) is 23.0 Å². The van der Waals surface area contributed by atoms with E-state index in [9.17, 15) is 0 Å². The van der Waals surface area contributed by atoms with Crippen LogP contribution in [0.1, 0.15) is 97.2 Å². The lowest BCUT2D eigenvalue weighted by Crippen LogP contribution is -2.33. The standard InChI is InChI=1S/C70H53NO2S/c1-67(2,3)42-30-36-63-58(38-42)70(59-39-43(68(4,5)6)31-37-64(59)73-63)53-23-11-8-19-47(53)49-35-33-45(41-57(49)70)71(60-26-17-21-51-50-20-9-16-29-65(50)74-66(51)60)44-32-34-48-46-18-7-10-22-52(46)69(56(48)40-44)54-24-12-14-27-61(54)72-62-28-15-13-25-55(62)69/h7-41H,1-6H3. The Morgan fingerprint density at radius 2 is 0.784 bits per heavy atom. The zero-order valence-corrected chi connectivity index (χ0v) is 43.2. The molecule has 0 saturated carbocycles. The molecule has 0 bridgehead atoms. The first-order chi connectivity index (χ1) is 35.9. The maximum absolute atomic E-state index is 7.08. The minimum absolute atomic E-state index is 0.0949. The molecule has 15 rings (SSSR count). The molecular formula is C70H53NO2S. The van der Waals surface area contributed by atoms with Crippen LogP contribution in [-0.4, -0.2) is 0 Å². The van der Waals surface area contributed by atoms with Gasteiger partial charge in [0.25, 0.3) is 0 Å². The molecule has 3 nitrogen and oxygen atoms in total. The normalized spacial score (nSPS) is 14.8. The number of thiophene rings is 1. The third kappa shape index (κ3) is 5.78. The Morgan fingerprint density at radius 1 is 0.351 bits per heavy atom. The summed E-state index contributed by atoms with van der Waals surface area (Å²) in [6, 6.07) is 79.6. The lowest BCUT2D eigenvalue weighted by atomic mass is 9.64. The maximum Gasteiger partial charge on any atom is 0.132 e. The van der Waals surface area contributed by atoms with Crippen molar-refractivity contribution >= 4 is 48.6 Å². The minimum atomic E-state index is -0.693. The molecule has 4 aliphatic rings. The minimum Gasteiger partial charge on any atom is -0.457 e. The second kappa shape index (κ2) is 15.2. The summed E-state index contributed by atoms with van der Waals surface area (Å²) in [6.07, 6.45) is 0. The molecule has 1 aromatic heterocycles. The summed E-state index contributed by atoms with van der Waals surface area (Å²) in [4.78, 5) is 2.56. The fourth-order valence-electron chi connectivity index (χ4n) is 13.3. The number of benzene rings is 10. The Kier molecular flexibility index (Phi) is 8.91. The average Bonchev–Trinajstić information content (AvgIpc) is 4.08. The van der Waals surface area contributed by atoms with Crippen molar-refractivity contribution in [2.24, 2.45) is 0 Å². The number of hydrogen-bond acceptors (Lipinski definition) is 4. The van der Waals surface area contributed by atoms with Crippen LogP contribution >= 0.6 is 11.3 Å². The van der Waals surface area contributed by atoms with Crippen molar-refractivity contribution in [1.82, 2.24) is 0 Å². The number of hydrogen-bond donors (Lipinski definition) is 0. The monoisotopic (exact) mass is 971 g/mol. The van der Waals surface area contributed by atoms with Gasteiger partial charge < -0.3 is 14.4 Å².